The maximum atomic E-state index is 12.8. The van der Waals surface area contributed by atoms with Gasteiger partial charge in [0.05, 0.1) is 13.2 Å². The molecule has 0 aliphatic heterocycles. The molecule has 0 radical (unpaired) electrons. The van der Waals surface area contributed by atoms with Gasteiger partial charge in [0.25, 0.3) is 0 Å². The van der Waals surface area contributed by atoms with Crippen LogP contribution in [0.3, 0.4) is 0 Å². The zero-order valence-electron chi connectivity index (χ0n) is 59.3. The summed E-state index contributed by atoms with van der Waals surface area (Å²) in [5, 5.41) is 0. The largest absolute Gasteiger partial charge is 0.472 e. The molecular formula is C85H130NO8P. The molecule has 0 spiro atoms. The van der Waals surface area contributed by atoms with Gasteiger partial charge in [0.1, 0.15) is 6.61 Å². The van der Waals surface area contributed by atoms with E-state index in [-0.39, 0.29) is 32.6 Å². The number of esters is 2. The monoisotopic (exact) mass is 1320 g/mol. The highest BCUT2D eigenvalue weighted by atomic mass is 31.2. The fourth-order valence-corrected chi connectivity index (χ4v) is 9.69. The third-order valence-corrected chi connectivity index (χ3v) is 15.2. The van der Waals surface area contributed by atoms with E-state index < -0.39 is 32.5 Å². The number of phosphoric ester groups is 1. The van der Waals surface area contributed by atoms with Gasteiger partial charge in [-0.05, 0) is 167 Å². The van der Waals surface area contributed by atoms with E-state index in [1.54, 1.807) is 0 Å². The van der Waals surface area contributed by atoms with Gasteiger partial charge in [0.2, 0.25) is 0 Å². The van der Waals surface area contributed by atoms with Crippen molar-refractivity contribution in [2.75, 3.05) is 26.4 Å². The summed E-state index contributed by atoms with van der Waals surface area (Å²) in [4.78, 5) is 35.4. The van der Waals surface area contributed by atoms with Gasteiger partial charge in [-0.1, -0.05) is 308 Å². The lowest BCUT2D eigenvalue weighted by molar-refractivity contribution is -0.161. The number of carbonyl (C=O) groups is 2. The SMILES string of the molecule is CC/C=C\C/C=C\C/C=C\C/C=C\C/C=C\C/C=C\C/C=C\C/C=C\C/C=C\C/C=C\CCCCCCCCCCC(=O)OC(COC(=O)CCCCCC/C=C\C/C=C\C/C=C\C/C=C\C/C=C\C/C=C\C/C=C\C/C=C\C/C=C\C/C=C\CC)COP(=O)(O)OCCN. The lowest BCUT2D eigenvalue weighted by Gasteiger charge is -2.19. The molecule has 0 aromatic heterocycles. The maximum Gasteiger partial charge on any atom is 0.472 e. The normalized spacial score (nSPS) is 14.4. The molecular weight excluding hydrogens is 1190 g/mol. The van der Waals surface area contributed by atoms with Gasteiger partial charge in [0, 0.05) is 19.4 Å². The van der Waals surface area contributed by atoms with Crippen LogP contribution < -0.4 is 5.73 Å². The van der Waals surface area contributed by atoms with Gasteiger partial charge in [-0.25, -0.2) is 4.57 Å². The lowest BCUT2D eigenvalue weighted by Crippen LogP contribution is -2.29. The van der Waals surface area contributed by atoms with Crippen LogP contribution in [0, 0.1) is 0 Å². The smallest absolute Gasteiger partial charge is 0.462 e. The highest BCUT2D eigenvalue weighted by Crippen LogP contribution is 2.43. The van der Waals surface area contributed by atoms with E-state index in [1.807, 2.05) is 0 Å². The molecule has 2 atom stereocenters. The van der Waals surface area contributed by atoms with Crippen molar-refractivity contribution in [3.05, 3.63) is 243 Å². The minimum absolute atomic E-state index is 0.0348. The molecule has 10 heteroatoms. The summed E-state index contributed by atoms with van der Waals surface area (Å²) in [6, 6.07) is 0. The summed E-state index contributed by atoms with van der Waals surface area (Å²) in [6.45, 7) is 3.44. The molecule has 0 aromatic carbocycles. The standard InChI is InChI=1S/C85H130NO8P/c1-3-5-7-9-11-13-15-17-19-21-23-25-27-29-31-33-35-37-39-40-41-42-44-46-48-50-52-54-56-58-60-62-64-66-68-70-72-74-76-78-85(88)94-83(82-93-95(89,90)92-80-79-86)81-91-84(87)77-75-73-71-69-67-65-63-61-59-57-55-53-51-49-47-45-43-38-36-34-32-30-28-26-24-22-20-18-16-14-12-10-8-6-4-2/h5-8,11-14,17-20,23-26,29-32,35-38,40-41,44-47,50-53,56-59,63,65,83H,3-4,9-10,15-16,21-22,27-28,33-34,39,42-43,48-49,54-55,60-62,64,66-82,86H2,1-2H3,(H,89,90)/b7-5-,8-6-,13-11-,14-12-,19-17-,20-18-,25-23-,26-24-,31-29-,32-30-,37-35-,38-36-,41-40-,46-44-,47-45-,52-50-,53-51-,58-56-,59-57-,65-63-. The highest BCUT2D eigenvalue weighted by molar-refractivity contribution is 7.47. The quantitative estimate of drug-likeness (QED) is 0.0264. The van der Waals surface area contributed by atoms with Crippen LogP contribution in [0.5, 0.6) is 0 Å². The Bertz CT molecular complexity index is 2460. The summed E-state index contributed by atoms with van der Waals surface area (Å²) >= 11 is 0. The van der Waals surface area contributed by atoms with Gasteiger partial charge >= 0.3 is 19.8 Å². The second-order valence-corrected chi connectivity index (χ2v) is 24.4. The van der Waals surface area contributed by atoms with Gasteiger partial charge in [-0.2, -0.15) is 0 Å². The Kier molecular flexibility index (Phi) is 71.8. The maximum absolute atomic E-state index is 12.8. The van der Waals surface area contributed by atoms with Crippen molar-refractivity contribution in [2.45, 2.75) is 251 Å². The molecule has 0 heterocycles. The Labute approximate surface area is 580 Å². The molecule has 0 aliphatic carbocycles. The molecule has 2 unspecified atom stereocenters. The first kappa shape index (κ1) is 88.8. The zero-order valence-corrected chi connectivity index (χ0v) is 60.2. The van der Waals surface area contributed by atoms with Crippen LogP contribution in [0.4, 0.5) is 0 Å². The fourth-order valence-electron chi connectivity index (χ4n) is 8.93. The van der Waals surface area contributed by atoms with Crippen LogP contribution in [-0.4, -0.2) is 49.3 Å². The van der Waals surface area contributed by atoms with Crippen molar-refractivity contribution < 1.29 is 37.6 Å². The number of unbranched alkanes of at least 4 members (excludes halogenated alkanes) is 12. The van der Waals surface area contributed by atoms with Crippen molar-refractivity contribution >= 4 is 19.8 Å². The zero-order chi connectivity index (χ0) is 68.6. The Morgan fingerprint density at radius 1 is 0.316 bits per heavy atom. The summed E-state index contributed by atoms with van der Waals surface area (Å²) in [5.41, 5.74) is 5.40. The number of hydrogen-bond acceptors (Lipinski definition) is 8. The topological polar surface area (TPSA) is 134 Å². The number of hydrogen-bond donors (Lipinski definition) is 2. The molecule has 0 aliphatic rings. The Balaban J connectivity index is 4.07. The first-order valence-corrected chi connectivity index (χ1v) is 38.0. The Hall–Kier alpha value is -6.19. The van der Waals surface area contributed by atoms with Crippen molar-refractivity contribution in [1.82, 2.24) is 0 Å². The molecule has 3 N–H and O–H groups in total. The molecule has 0 fully saturated rings. The number of rotatable bonds is 65. The van der Waals surface area contributed by atoms with E-state index in [1.165, 1.54) is 25.7 Å². The van der Waals surface area contributed by atoms with E-state index in [9.17, 15) is 19.0 Å². The van der Waals surface area contributed by atoms with E-state index in [0.717, 1.165) is 180 Å². The fraction of sp³-hybridized carbons (Fsp3) is 0.506. The summed E-state index contributed by atoms with van der Waals surface area (Å²) in [5.74, 6) is -0.886. The van der Waals surface area contributed by atoms with Gasteiger partial charge in [-0.3, -0.25) is 18.6 Å². The molecule has 0 saturated heterocycles. The summed E-state index contributed by atoms with van der Waals surface area (Å²) in [6.07, 6.45) is 122. The van der Waals surface area contributed by atoms with Gasteiger partial charge in [0.15, 0.2) is 6.10 Å². The first-order chi connectivity index (χ1) is 46.8. The van der Waals surface area contributed by atoms with Crippen molar-refractivity contribution in [1.29, 1.82) is 0 Å². The van der Waals surface area contributed by atoms with Crippen LogP contribution in [0.1, 0.15) is 245 Å². The molecule has 9 nitrogen and oxygen atoms in total. The minimum atomic E-state index is -4.42. The van der Waals surface area contributed by atoms with Crippen LogP contribution in [0.25, 0.3) is 0 Å². The van der Waals surface area contributed by atoms with Crippen molar-refractivity contribution in [2.24, 2.45) is 5.73 Å². The number of allylic oxidation sites excluding steroid dienone is 40. The number of carbonyl (C=O) groups excluding carboxylic acids is 2. The molecule has 95 heavy (non-hydrogen) atoms. The number of nitrogens with two attached hydrogens (primary N) is 1. The van der Waals surface area contributed by atoms with Crippen LogP contribution in [0.15, 0.2) is 243 Å². The van der Waals surface area contributed by atoms with Gasteiger partial charge < -0.3 is 20.1 Å². The molecule has 0 saturated carbocycles. The average molecular weight is 1320 g/mol. The van der Waals surface area contributed by atoms with E-state index in [0.29, 0.717) is 12.8 Å². The molecule has 0 aromatic rings. The van der Waals surface area contributed by atoms with Crippen molar-refractivity contribution in [3.8, 4) is 0 Å². The van der Waals surface area contributed by atoms with Crippen LogP contribution in [0.2, 0.25) is 0 Å². The third kappa shape index (κ3) is 76.7. The average Bonchev–Trinajstić information content (AvgIpc) is 3.16. The second-order valence-electron chi connectivity index (χ2n) is 23.0. The number of ether oxygens (including phenoxy) is 2. The van der Waals surface area contributed by atoms with E-state index in [2.05, 4.69) is 257 Å². The lowest BCUT2D eigenvalue weighted by atomic mass is 10.1. The van der Waals surface area contributed by atoms with Crippen molar-refractivity contribution in [3.63, 3.8) is 0 Å². The van der Waals surface area contributed by atoms with E-state index in [4.69, 9.17) is 24.3 Å². The Morgan fingerprint density at radius 3 is 0.811 bits per heavy atom. The molecule has 0 amide bonds. The summed E-state index contributed by atoms with van der Waals surface area (Å²) < 4.78 is 33.2. The molecule has 0 rings (SSSR count). The third-order valence-electron chi connectivity index (χ3n) is 14.2. The van der Waals surface area contributed by atoms with Crippen LogP contribution >= 0.6 is 7.82 Å². The van der Waals surface area contributed by atoms with Crippen LogP contribution in [-0.2, 0) is 32.7 Å². The predicted octanol–water partition coefficient (Wildman–Crippen LogP) is 24.7. The molecule has 0 bridgehead atoms. The first-order valence-electron chi connectivity index (χ1n) is 36.5. The second kappa shape index (κ2) is 76.8. The molecule has 528 valence electrons. The number of phosphoric acid groups is 1. The predicted molar refractivity (Wildman–Crippen MR) is 412 cm³/mol. The highest BCUT2D eigenvalue weighted by Gasteiger charge is 2.26. The van der Waals surface area contributed by atoms with E-state index >= 15 is 0 Å². The summed E-state index contributed by atoms with van der Waals surface area (Å²) in [7, 11) is -4.42. The Morgan fingerprint density at radius 2 is 0.547 bits per heavy atom. The minimum Gasteiger partial charge on any atom is -0.462 e. The van der Waals surface area contributed by atoms with Gasteiger partial charge in [-0.15, -0.1) is 0 Å².